The van der Waals surface area contributed by atoms with E-state index in [4.69, 9.17) is 16.3 Å². The Morgan fingerprint density at radius 2 is 1.79 bits per heavy atom. The highest BCUT2D eigenvalue weighted by atomic mass is 79.9. The summed E-state index contributed by atoms with van der Waals surface area (Å²) < 4.78 is 6.91. The van der Waals surface area contributed by atoms with Gasteiger partial charge in [-0.15, -0.1) is 0 Å². The predicted octanol–water partition coefficient (Wildman–Crippen LogP) is 7.73. The molecule has 0 saturated carbocycles. The van der Waals surface area contributed by atoms with Gasteiger partial charge in [0.15, 0.2) is 5.17 Å². The number of fused-ring (bicyclic) bond motifs is 1. The first-order chi connectivity index (χ1) is 16.5. The molecule has 1 heterocycles. The molecule has 7 heteroatoms. The van der Waals surface area contributed by atoms with Crippen molar-refractivity contribution in [3.63, 3.8) is 0 Å². The number of ether oxygens (including phenoxy) is 1. The molecule has 34 heavy (non-hydrogen) atoms. The highest BCUT2D eigenvalue weighted by Gasteiger charge is 2.24. The van der Waals surface area contributed by atoms with E-state index in [1.54, 1.807) is 24.3 Å². The summed E-state index contributed by atoms with van der Waals surface area (Å²) in [6.07, 6.45) is 1.84. The van der Waals surface area contributed by atoms with E-state index in [0.717, 1.165) is 27.0 Å². The molecule has 168 valence electrons. The van der Waals surface area contributed by atoms with Crippen LogP contribution in [0.2, 0.25) is 5.02 Å². The maximum Gasteiger partial charge on any atom is 0.264 e. The second kappa shape index (κ2) is 10.1. The number of hydrogen-bond donors (Lipinski definition) is 1. The number of halogens is 2. The summed E-state index contributed by atoms with van der Waals surface area (Å²) in [5, 5.41) is 6.35. The number of aliphatic imine (C=N–C) groups is 1. The molecule has 0 unspecified atom stereocenters. The number of amides is 1. The van der Waals surface area contributed by atoms with Gasteiger partial charge in [0.05, 0.1) is 15.1 Å². The molecule has 1 N–H and O–H groups in total. The maximum atomic E-state index is 12.4. The number of hydrogen-bond acceptors (Lipinski definition) is 4. The van der Waals surface area contributed by atoms with Crippen LogP contribution < -0.4 is 10.1 Å². The fourth-order valence-electron chi connectivity index (χ4n) is 3.56. The highest BCUT2D eigenvalue weighted by Crippen LogP contribution is 2.32. The van der Waals surface area contributed by atoms with Crippen LogP contribution in [0.4, 0.5) is 5.69 Å². The zero-order chi connectivity index (χ0) is 23.5. The Bertz CT molecular complexity index is 1450. The van der Waals surface area contributed by atoms with Crippen LogP contribution in [0, 0.1) is 0 Å². The molecule has 0 atom stereocenters. The molecular formula is C27H18BrClN2O2S. The van der Waals surface area contributed by atoms with Gasteiger partial charge in [0, 0.05) is 5.02 Å². The van der Waals surface area contributed by atoms with E-state index in [2.05, 4.69) is 50.5 Å². The first kappa shape index (κ1) is 22.7. The summed E-state index contributed by atoms with van der Waals surface area (Å²) in [5.41, 5.74) is 2.74. The van der Waals surface area contributed by atoms with Gasteiger partial charge in [-0.3, -0.25) is 4.79 Å². The van der Waals surface area contributed by atoms with Gasteiger partial charge in [-0.25, -0.2) is 4.99 Å². The second-order valence-electron chi connectivity index (χ2n) is 7.57. The van der Waals surface area contributed by atoms with Crippen LogP contribution in [0.25, 0.3) is 16.8 Å². The number of nitrogens with zero attached hydrogens (tertiary/aromatic N) is 1. The van der Waals surface area contributed by atoms with Crippen LogP contribution in [-0.2, 0) is 11.4 Å². The van der Waals surface area contributed by atoms with E-state index in [-0.39, 0.29) is 5.91 Å². The average molecular weight is 550 g/mol. The molecule has 5 rings (SSSR count). The minimum absolute atomic E-state index is 0.176. The zero-order valence-corrected chi connectivity index (χ0v) is 21.0. The van der Waals surface area contributed by atoms with Gasteiger partial charge in [-0.2, -0.15) is 0 Å². The maximum absolute atomic E-state index is 12.4. The van der Waals surface area contributed by atoms with Crippen LogP contribution in [0.15, 0.2) is 99.3 Å². The van der Waals surface area contributed by atoms with Crippen molar-refractivity contribution < 1.29 is 9.53 Å². The Morgan fingerprint density at radius 3 is 2.62 bits per heavy atom. The summed E-state index contributed by atoms with van der Waals surface area (Å²) >= 11 is 10.8. The number of benzene rings is 4. The van der Waals surface area contributed by atoms with Crippen molar-refractivity contribution in [1.29, 1.82) is 0 Å². The Balaban J connectivity index is 1.29. The Kier molecular flexibility index (Phi) is 6.72. The quantitative estimate of drug-likeness (QED) is 0.259. The molecule has 4 nitrogen and oxygen atoms in total. The highest BCUT2D eigenvalue weighted by molar-refractivity contribution is 9.10. The van der Waals surface area contributed by atoms with Crippen LogP contribution in [0.3, 0.4) is 0 Å². The molecule has 1 saturated heterocycles. The van der Waals surface area contributed by atoms with E-state index < -0.39 is 0 Å². The van der Waals surface area contributed by atoms with Gasteiger partial charge in [-0.05, 0) is 92.1 Å². The Hall–Kier alpha value is -3.06. The van der Waals surface area contributed by atoms with E-state index in [1.807, 2.05) is 42.5 Å². The van der Waals surface area contributed by atoms with Crippen molar-refractivity contribution >= 4 is 72.9 Å². The number of thioether (sulfide) groups is 1. The summed E-state index contributed by atoms with van der Waals surface area (Å²) in [6, 6.07) is 27.4. The molecule has 4 aromatic rings. The van der Waals surface area contributed by atoms with Crippen LogP contribution in [0.1, 0.15) is 11.1 Å². The average Bonchev–Trinajstić information content (AvgIpc) is 3.18. The minimum Gasteiger partial charge on any atom is -0.488 e. The molecular weight excluding hydrogens is 532 g/mol. The summed E-state index contributed by atoms with van der Waals surface area (Å²) in [7, 11) is 0. The number of amidine groups is 1. The van der Waals surface area contributed by atoms with Crippen molar-refractivity contribution in [2.24, 2.45) is 4.99 Å². The van der Waals surface area contributed by atoms with Gasteiger partial charge < -0.3 is 10.1 Å². The molecule has 0 bridgehead atoms. The first-order valence-corrected chi connectivity index (χ1v) is 12.5. The van der Waals surface area contributed by atoms with Crippen molar-refractivity contribution in [2.45, 2.75) is 6.61 Å². The molecule has 1 aliphatic rings. The van der Waals surface area contributed by atoms with Crippen molar-refractivity contribution in [2.75, 3.05) is 0 Å². The topological polar surface area (TPSA) is 50.7 Å². The normalized spacial score (nSPS) is 15.8. The molecule has 0 spiro atoms. The second-order valence-corrected chi connectivity index (χ2v) is 9.90. The lowest BCUT2D eigenvalue weighted by Crippen LogP contribution is -2.19. The van der Waals surface area contributed by atoms with E-state index >= 15 is 0 Å². The van der Waals surface area contributed by atoms with Crippen molar-refractivity contribution in [1.82, 2.24) is 5.32 Å². The number of carbonyl (C=O) groups excluding carboxylic acids is 1. The third-order valence-electron chi connectivity index (χ3n) is 5.22. The lowest BCUT2D eigenvalue weighted by Gasteiger charge is -2.11. The van der Waals surface area contributed by atoms with Crippen LogP contribution >= 0.6 is 39.3 Å². The van der Waals surface area contributed by atoms with Gasteiger partial charge in [0.1, 0.15) is 12.4 Å². The summed E-state index contributed by atoms with van der Waals surface area (Å²) in [4.78, 5) is 17.5. The third-order valence-corrected chi connectivity index (χ3v) is 7.01. The molecule has 4 aromatic carbocycles. The van der Waals surface area contributed by atoms with E-state index in [9.17, 15) is 4.79 Å². The lowest BCUT2D eigenvalue weighted by atomic mass is 10.1. The third kappa shape index (κ3) is 5.20. The monoisotopic (exact) mass is 548 g/mol. The van der Waals surface area contributed by atoms with Crippen molar-refractivity contribution in [3.05, 3.63) is 110 Å². The molecule has 1 amide bonds. The van der Waals surface area contributed by atoms with Crippen molar-refractivity contribution in [3.8, 4) is 5.75 Å². The van der Waals surface area contributed by atoms with Gasteiger partial charge in [0.2, 0.25) is 0 Å². The largest absolute Gasteiger partial charge is 0.488 e. The zero-order valence-electron chi connectivity index (χ0n) is 17.8. The predicted molar refractivity (Wildman–Crippen MR) is 145 cm³/mol. The van der Waals surface area contributed by atoms with Crippen LogP contribution in [0.5, 0.6) is 5.75 Å². The Morgan fingerprint density at radius 1 is 1.00 bits per heavy atom. The fraction of sp³-hybridized carbons (Fsp3) is 0.0370. The molecule has 0 aliphatic carbocycles. The lowest BCUT2D eigenvalue weighted by molar-refractivity contribution is -0.115. The number of rotatable bonds is 5. The molecule has 1 aliphatic heterocycles. The molecule has 0 aromatic heterocycles. The van der Waals surface area contributed by atoms with Crippen LogP contribution in [-0.4, -0.2) is 11.1 Å². The SMILES string of the molecule is O=C1NC(=Nc2ccc(Cl)cc2)S/C1=C\c1ccc(OCc2cccc3ccccc23)c(Br)c1. The summed E-state index contributed by atoms with van der Waals surface area (Å²) in [6.45, 7) is 0.461. The van der Waals surface area contributed by atoms with E-state index in [1.165, 1.54) is 22.5 Å². The minimum atomic E-state index is -0.176. The van der Waals surface area contributed by atoms with Gasteiger partial charge in [0.25, 0.3) is 5.91 Å². The fourth-order valence-corrected chi connectivity index (χ4v) is 5.04. The Labute approximate surface area is 214 Å². The smallest absolute Gasteiger partial charge is 0.264 e. The number of carbonyl (C=O) groups is 1. The summed E-state index contributed by atoms with van der Waals surface area (Å²) in [5.74, 6) is 0.564. The van der Waals surface area contributed by atoms with Gasteiger partial charge in [-0.1, -0.05) is 60.1 Å². The molecule has 1 fully saturated rings. The molecule has 0 radical (unpaired) electrons. The van der Waals surface area contributed by atoms with E-state index in [0.29, 0.717) is 21.7 Å². The standard InChI is InChI=1S/C27H18BrClN2O2S/c28-23-14-17(15-25-26(32)31-27(34-25)30-21-11-9-20(29)10-12-21)8-13-24(23)33-16-19-6-3-5-18-4-1-2-7-22(18)19/h1-15H,16H2,(H,30,31,32)/b25-15-. The number of nitrogens with one attached hydrogen (secondary N) is 1. The first-order valence-electron chi connectivity index (χ1n) is 10.5. The van der Waals surface area contributed by atoms with Gasteiger partial charge >= 0.3 is 0 Å².